The maximum atomic E-state index is 12.0. The molecule has 28 heavy (non-hydrogen) atoms. The number of carbonyl (C=O) groups excluding carboxylic acids is 1. The number of amides is 1. The molecule has 0 aliphatic heterocycles. The molecule has 9 heteroatoms. The van der Waals surface area contributed by atoms with E-state index in [1.165, 1.54) is 0 Å². The number of methoxy groups -OCH3 is 1. The highest BCUT2D eigenvalue weighted by atomic mass is 127. The lowest BCUT2D eigenvalue weighted by Crippen LogP contribution is -2.39. The summed E-state index contributed by atoms with van der Waals surface area (Å²) in [5.74, 6) is 0.706. The lowest BCUT2D eigenvalue weighted by molar-refractivity contribution is -0.116. The van der Waals surface area contributed by atoms with Crippen molar-refractivity contribution >= 4 is 57.5 Å². The van der Waals surface area contributed by atoms with Crippen LogP contribution >= 0.6 is 39.9 Å². The van der Waals surface area contributed by atoms with Gasteiger partial charge in [-0.05, 0) is 44.7 Å². The first-order chi connectivity index (χ1) is 13.0. The number of hydrogen-bond acceptors (Lipinski definition) is 4. The number of nitrogens with zero attached hydrogens (tertiary/aromatic N) is 2. The highest BCUT2D eigenvalue weighted by Crippen LogP contribution is 2.14. The molecular formula is C19H33BrIN5O2. The number of ether oxygens (including phenoxy) is 1. The molecule has 0 saturated heterocycles. The number of likely N-dealkylation sites (N-methyl/N-ethyl adjacent to an activating group) is 1. The average molecular weight is 570 g/mol. The Morgan fingerprint density at radius 1 is 1.21 bits per heavy atom. The van der Waals surface area contributed by atoms with E-state index in [-0.39, 0.29) is 29.9 Å². The minimum atomic E-state index is -0.0291. The normalized spacial score (nSPS) is 11.1. The van der Waals surface area contributed by atoms with Gasteiger partial charge in [-0.25, -0.2) is 0 Å². The fourth-order valence-corrected chi connectivity index (χ4v) is 2.58. The van der Waals surface area contributed by atoms with Crippen LogP contribution < -0.4 is 16.0 Å². The number of benzene rings is 1. The van der Waals surface area contributed by atoms with E-state index in [9.17, 15) is 4.79 Å². The summed E-state index contributed by atoms with van der Waals surface area (Å²) < 4.78 is 6.05. The Labute approximate surface area is 194 Å². The van der Waals surface area contributed by atoms with Crippen molar-refractivity contribution < 1.29 is 9.53 Å². The van der Waals surface area contributed by atoms with Crippen molar-refractivity contribution in [3.63, 3.8) is 0 Å². The van der Waals surface area contributed by atoms with E-state index < -0.39 is 0 Å². The highest BCUT2D eigenvalue weighted by Gasteiger charge is 2.04. The minimum absolute atomic E-state index is 0. The van der Waals surface area contributed by atoms with Crippen LogP contribution in [-0.2, 0) is 9.53 Å². The molecule has 0 radical (unpaired) electrons. The van der Waals surface area contributed by atoms with Gasteiger partial charge in [0.15, 0.2) is 5.96 Å². The van der Waals surface area contributed by atoms with Gasteiger partial charge >= 0.3 is 0 Å². The summed E-state index contributed by atoms with van der Waals surface area (Å²) in [6, 6.07) is 7.53. The van der Waals surface area contributed by atoms with E-state index in [0.29, 0.717) is 19.5 Å². The fraction of sp³-hybridized carbons (Fsp3) is 0.579. The van der Waals surface area contributed by atoms with Crippen LogP contribution in [0.2, 0.25) is 0 Å². The molecular weight excluding hydrogens is 537 g/mol. The third kappa shape index (κ3) is 13.3. The average Bonchev–Trinajstić information content (AvgIpc) is 2.64. The zero-order valence-electron chi connectivity index (χ0n) is 17.0. The predicted molar refractivity (Wildman–Crippen MR) is 131 cm³/mol. The van der Waals surface area contributed by atoms with E-state index in [2.05, 4.69) is 48.8 Å². The molecule has 0 spiro atoms. The topological polar surface area (TPSA) is 78.0 Å². The molecule has 7 nitrogen and oxygen atoms in total. The van der Waals surface area contributed by atoms with Crippen LogP contribution in [0, 0.1) is 0 Å². The third-order valence-electron chi connectivity index (χ3n) is 3.76. The quantitative estimate of drug-likeness (QED) is 0.156. The Balaban J connectivity index is 0.00000729. The van der Waals surface area contributed by atoms with Crippen LogP contribution in [-0.4, -0.2) is 70.3 Å². The molecule has 0 bridgehead atoms. The fourth-order valence-electron chi connectivity index (χ4n) is 2.32. The Bertz CT molecular complexity index is 572. The molecule has 160 valence electrons. The van der Waals surface area contributed by atoms with Crippen LogP contribution in [0.5, 0.6) is 0 Å². The minimum Gasteiger partial charge on any atom is -0.385 e. The van der Waals surface area contributed by atoms with Gasteiger partial charge in [-0.1, -0.05) is 15.9 Å². The third-order valence-corrected chi connectivity index (χ3v) is 4.29. The van der Waals surface area contributed by atoms with Gasteiger partial charge in [-0.15, -0.1) is 24.0 Å². The SMILES string of the molecule is CCNC(=NCCN(C)CCCOC)NCCC(=O)Nc1ccc(Br)cc1.I. The van der Waals surface area contributed by atoms with Gasteiger partial charge in [-0.3, -0.25) is 9.79 Å². The second kappa shape index (κ2) is 17.0. The number of nitrogens with one attached hydrogen (secondary N) is 3. The van der Waals surface area contributed by atoms with Gasteiger partial charge in [0.1, 0.15) is 0 Å². The molecule has 3 N–H and O–H groups in total. The Hall–Kier alpha value is -0.910. The standard InChI is InChI=1S/C19H32BrN5O2.HI/c1-4-21-19(23-12-14-25(2)13-5-15-27-3)22-11-10-18(26)24-17-8-6-16(20)7-9-17;/h6-9H,4-5,10-15H2,1-3H3,(H,24,26)(H2,21,22,23);1H. The summed E-state index contributed by atoms with van der Waals surface area (Å²) in [4.78, 5) is 18.8. The number of guanidine groups is 1. The molecule has 1 amide bonds. The van der Waals surface area contributed by atoms with E-state index in [1.807, 2.05) is 31.2 Å². The summed E-state index contributed by atoms with van der Waals surface area (Å²) in [5, 5.41) is 9.29. The van der Waals surface area contributed by atoms with E-state index >= 15 is 0 Å². The number of hydrogen-bond donors (Lipinski definition) is 3. The van der Waals surface area contributed by atoms with E-state index in [4.69, 9.17) is 4.74 Å². The summed E-state index contributed by atoms with van der Waals surface area (Å²) in [5.41, 5.74) is 0.792. The van der Waals surface area contributed by atoms with Crippen molar-refractivity contribution in [1.82, 2.24) is 15.5 Å². The first-order valence-corrected chi connectivity index (χ1v) is 10.1. The van der Waals surface area contributed by atoms with Crippen LogP contribution in [0.15, 0.2) is 33.7 Å². The molecule has 0 unspecified atom stereocenters. The predicted octanol–water partition coefficient (Wildman–Crippen LogP) is 2.92. The Kier molecular flexibility index (Phi) is 16.4. The van der Waals surface area contributed by atoms with Crippen molar-refractivity contribution in [1.29, 1.82) is 0 Å². The summed E-state index contributed by atoms with van der Waals surface area (Å²) in [6.45, 7) is 6.67. The van der Waals surface area contributed by atoms with Crippen LogP contribution in [0.3, 0.4) is 0 Å². The molecule has 0 aromatic heterocycles. The lowest BCUT2D eigenvalue weighted by Gasteiger charge is -2.16. The zero-order chi connectivity index (χ0) is 19.9. The number of carbonyl (C=O) groups is 1. The van der Waals surface area contributed by atoms with Crippen molar-refractivity contribution in [2.75, 3.05) is 58.8 Å². The molecule has 1 aromatic rings. The Morgan fingerprint density at radius 3 is 2.57 bits per heavy atom. The smallest absolute Gasteiger partial charge is 0.226 e. The summed E-state index contributed by atoms with van der Waals surface area (Å²) >= 11 is 3.38. The van der Waals surface area contributed by atoms with Gasteiger partial charge in [0, 0.05) is 56.5 Å². The van der Waals surface area contributed by atoms with Gasteiger partial charge in [0.2, 0.25) is 5.91 Å². The molecule has 0 saturated carbocycles. The first kappa shape index (κ1) is 27.1. The van der Waals surface area contributed by atoms with Gasteiger partial charge < -0.3 is 25.6 Å². The van der Waals surface area contributed by atoms with Crippen LogP contribution in [0.1, 0.15) is 19.8 Å². The molecule has 1 aromatic carbocycles. The molecule has 0 heterocycles. The maximum Gasteiger partial charge on any atom is 0.226 e. The van der Waals surface area contributed by atoms with Crippen molar-refractivity contribution in [2.24, 2.45) is 4.99 Å². The molecule has 1 rings (SSSR count). The second-order valence-corrected chi connectivity index (χ2v) is 7.06. The summed E-state index contributed by atoms with van der Waals surface area (Å²) in [7, 11) is 3.80. The van der Waals surface area contributed by atoms with Gasteiger partial charge in [0.25, 0.3) is 0 Å². The number of anilines is 1. The van der Waals surface area contributed by atoms with E-state index in [0.717, 1.165) is 48.8 Å². The number of rotatable bonds is 12. The Morgan fingerprint density at radius 2 is 1.93 bits per heavy atom. The van der Waals surface area contributed by atoms with Crippen molar-refractivity contribution in [2.45, 2.75) is 19.8 Å². The van der Waals surface area contributed by atoms with Crippen molar-refractivity contribution in [3.05, 3.63) is 28.7 Å². The lowest BCUT2D eigenvalue weighted by atomic mass is 10.3. The van der Waals surface area contributed by atoms with Crippen LogP contribution in [0.25, 0.3) is 0 Å². The molecule has 0 fully saturated rings. The van der Waals surface area contributed by atoms with Gasteiger partial charge in [0.05, 0.1) is 6.54 Å². The zero-order valence-corrected chi connectivity index (χ0v) is 20.9. The monoisotopic (exact) mass is 569 g/mol. The number of halogens is 2. The second-order valence-electron chi connectivity index (χ2n) is 6.14. The molecule has 0 aliphatic rings. The summed E-state index contributed by atoms with van der Waals surface area (Å²) in [6.07, 6.45) is 1.39. The van der Waals surface area contributed by atoms with Crippen molar-refractivity contribution in [3.8, 4) is 0 Å². The maximum absolute atomic E-state index is 12.0. The molecule has 0 aliphatic carbocycles. The highest BCUT2D eigenvalue weighted by molar-refractivity contribution is 14.0. The largest absolute Gasteiger partial charge is 0.385 e. The van der Waals surface area contributed by atoms with Crippen LogP contribution in [0.4, 0.5) is 5.69 Å². The van der Waals surface area contributed by atoms with Gasteiger partial charge in [-0.2, -0.15) is 0 Å². The number of aliphatic imine (C=N–C) groups is 1. The first-order valence-electron chi connectivity index (χ1n) is 9.30. The molecule has 0 atom stereocenters. The van der Waals surface area contributed by atoms with E-state index in [1.54, 1.807) is 7.11 Å².